The Bertz CT molecular complexity index is 421. The lowest BCUT2D eigenvalue weighted by molar-refractivity contribution is 0.101. The molecule has 0 aliphatic heterocycles. The summed E-state index contributed by atoms with van der Waals surface area (Å²) in [5.41, 5.74) is 3.33. The van der Waals surface area contributed by atoms with E-state index >= 15 is 0 Å². The molecule has 0 radical (unpaired) electrons. The van der Waals surface area contributed by atoms with Crippen molar-refractivity contribution in [3.8, 4) is 5.75 Å². The van der Waals surface area contributed by atoms with E-state index in [1.165, 1.54) is 17.5 Å². The lowest BCUT2D eigenvalue weighted by Crippen LogP contribution is -2.16. The molecule has 0 N–H and O–H groups in total. The summed E-state index contributed by atoms with van der Waals surface area (Å²) in [7, 11) is 1.70. The molecule has 0 aromatic heterocycles. The molecule has 0 heterocycles. The van der Waals surface area contributed by atoms with Crippen LogP contribution in [0.3, 0.4) is 0 Å². The van der Waals surface area contributed by atoms with Gasteiger partial charge in [0.25, 0.3) is 0 Å². The van der Waals surface area contributed by atoms with Gasteiger partial charge in [-0.2, -0.15) is 0 Å². The molecule has 1 aromatic carbocycles. The third kappa shape index (κ3) is 1.84. The minimum absolute atomic E-state index is 0.160. The van der Waals surface area contributed by atoms with E-state index in [-0.39, 0.29) is 5.78 Å². The fraction of sp³-hybridized carbons (Fsp3) is 0.500. The van der Waals surface area contributed by atoms with Crippen LogP contribution >= 0.6 is 0 Å². The molecule has 1 atom stereocenters. The van der Waals surface area contributed by atoms with E-state index in [1.54, 1.807) is 14.0 Å². The molecule has 0 unspecified atom stereocenters. The topological polar surface area (TPSA) is 26.3 Å². The van der Waals surface area contributed by atoms with E-state index in [0.29, 0.717) is 5.92 Å². The van der Waals surface area contributed by atoms with Crippen LogP contribution in [-0.2, 0) is 12.8 Å². The highest BCUT2D eigenvalue weighted by atomic mass is 16.5. The van der Waals surface area contributed by atoms with Crippen molar-refractivity contribution in [2.75, 3.05) is 7.11 Å². The lowest BCUT2D eigenvalue weighted by Gasteiger charge is -2.25. The molecule has 2 heteroatoms. The van der Waals surface area contributed by atoms with Crippen molar-refractivity contribution >= 4 is 5.78 Å². The normalized spacial score (nSPS) is 19.1. The smallest absolute Gasteiger partial charge is 0.160 e. The van der Waals surface area contributed by atoms with Gasteiger partial charge in [0.15, 0.2) is 5.78 Å². The van der Waals surface area contributed by atoms with Gasteiger partial charge in [-0.1, -0.05) is 6.92 Å². The van der Waals surface area contributed by atoms with Crippen molar-refractivity contribution in [1.29, 1.82) is 0 Å². The van der Waals surface area contributed by atoms with E-state index in [9.17, 15) is 4.79 Å². The number of hydrogen-bond donors (Lipinski definition) is 0. The maximum atomic E-state index is 11.6. The van der Waals surface area contributed by atoms with Crippen LogP contribution in [0.25, 0.3) is 0 Å². The van der Waals surface area contributed by atoms with Gasteiger partial charge >= 0.3 is 0 Å². The van der Waals surface area contributed by atoms with Gasteiger partial charge in [0.1, 0.15) is 5.75 Å². The molecule has 2 rings (SSSR count). The quantitative estimate of drug-likeness (QED) is 0.713. The predicted molar refractivity (Wildman–Crippen MR) is 64.2 cm³/mol. The Hall–Kier alpha value is -1.31. The number of carbonyl (C=O) groups excluding carboxylic acids is 1. The minimum Gasteiger partial charge on any atom is -0.496 e. The fourth-order valence-corrected chi connectivity index (χ4v) is 2.54. The number of Topliss-reactive ketones (excluding diaryl/α,β-unsaturated/α-hetero) is 1. The molecule has 0 saturated carbocycles. The number of ether oxygens (including phenoxy) is 1. The fourth-order valence-electron chi connectivity index (χ4n) is 2.54. The van der Waals surface area contributed by atoms with Crippen molar-refractivity contribution in [3.05, 3.63) is 28.8 Å². The van der Waals surface area contributed by atoms with Crippen LogP contribution in [0.2, 0.25) is 0 Å². The third-order valence-corrected chi connectivity index (χ3v) is 3.43. The first kappa shape index (κ1) is 11.2. The monoisotopic (exact) mass is 218 g/mol. The summed E-state index contributed by atoms with van der Waals surface area (Å²) in [6.45, 7) is 3.88. The van der Waals surface area contributed by atoms with Crippen molar-refractivity contribution in [3.63, 3.8) is 0 Å². The van der Waals surface area contributed by atoms with Crippen LogP contribution in [0.15, 0.2) is 12.1 Å². The van der Waals surface area contributed by atoms with Crippen LogP contribution in [0, 0.1) is 5.92 Å². The zero-order chi connectivity index (χ0) is 11.7. The van der Waals surface area contributed by atoms with Crippen molar-refractivity contribution < 1.29 is 9.53 Å². The van der Waals surface area contributed by atoms with E-state index in [0.717, 1.165) is 24.2 Å². The largest absolute Gasteiger partial charge is 0.496 e. The number of rotatable bonds is 2. The highest BCUT2D eigenvalue weighted by molar-refractivity contribution is 5.96. The average Bonchev–Trinajstić information content (AvgIpc) is 2.26. The molecular formula is C14H18O2. The molecule has 1 aromatic rings. The predicted octanol–water partition coefficient (Wildman–Crippen LogP) is 3.02. The van der Waals surface area contributed by atoms with E-state index in [2.05, 4.69) is 6.92 Å². The van der Waals surface area contributed by atoms with Crippen LogP contribution in [0.1, 0.15) is 41.8 Å². The molecule has 0 spiro atoms. The van der Waals surface area contributed by atoms with Gasteiger partial charge in [-0.15, -0.1) is 0 Å². The Morgan fingerprint density at radius 2 is 2.12 bits per heavy atom. The summed E-state index contributed by atoms with van der Waals surface area (Å²) in [6, 6.07) is 3.82. The number of methoxy groups -OCH3 is 1. The second kappa shape index (κ2) is 4.28. The summed E-state index contributed by atoms with van der Waals surface area (Å²) < 4.78 is 5.37. The third-order valence-electron chi connectivity index (χ3n) is 3.43. The lowest BCUT2D eigenvalue weighted by atomic mass is 9.81. The highest BCUT2D eigenvalue weighted by Crippen LogP contribution is 2.34. The molecule has 1 aliphatic rings. The van der Waals surface area contributed by atoms with Crippen LogP contribution in [-0.4, -0.2) is 12.9 Å². The zero-order valence-corrected chi connectivity index (χ0v) is 10.2. The average molecular weight is 218 g/mol. The van der Waals surface area contributed by atoms with Crippen LogP contribution < -0.4 is 4.74 Å². The molecule has 86 valence electrons. The Balaban J connectivity index is 2.56. The zero-order valence-electron chi connectivity index (χ0n) is 10.2. The second-order valence-corrected chi connectivity index (χ2v) is 4.68. The molecule has 0 bridgehead atoms. The summed E-state index contributed by atoms with van der Waals surface area (Å²) >= 11 is 0. The standard InChI is InChI=1S/C14H18O2/c1-9-4-5-12-13(8-9)11(10(2)15)6-7-14(12)16-3/h6-7,9H,4-5,8H2,1-3H3/t9-/m1/s1. The maximum Gasteiger partial charge on any atom is 0.160 e. The molecule has 0 fully saturated rings. The molecule has 2 nitrogen and oxygen atoms in total. The number of hydrogen-bond acceptors (Lipinski definition) is 2. The summed E-state index contributed by atoms with van der Waals surface area (Å²) in [6.07, 6.45) is 3.22. The van der Waals surface area contributed by atoms with E-state index in [4.69, 9.17) is 4.74 Å². The van der Waals surface area contributed by atoms with Crippen molar-refractivity contribution in [1.82, 2.24) is 0 Å². The van der Waals surface area contributed by atoms with Crippen LogP contribution in [0.4, 0.5) is 0 Å². The van der Waals surface area contributed by atoms with Gasteiger partial charge < -0.3 is 4.74 Å². The Kier molecular flexibility index (Phi) is 2.99. The summed E-state index contributed by atoms with van der Waals surface area (Å²) in [4.78, 5) is 11.6. The molecular weight excluding hydrogens is 200 g/mol. The number of ketones is 1. The Labute approximate surface area is 96.6 Å². The summed E-state index contributed by atoms with van der Waals surface area (Å²) in [5.74, 6) is 1.76. The molecule has 1 aliphatic carbocycles. The van der Waals surface area contributed by atoms with E-state index in [1.807, 2.05) is 12.1 Å². The number of fused-ring (bicyclic) bond motifs is 1. The SMILES string of the molecule is COc1ccc(C(C)=O)c2c1CC[C@@H](C)C2. The van der Waals surface area contributed by atoms with Gasteiger partial charge in [0.2, 0.25) is 0 Å². The Morgan fingerprint density at radius 1 is 1.38 bits per heavy atom. The highest BCUT2D eigenvalue weighted by Gasteiger charge is 2.22. The maximum absolute atomic E-state index is 11.6. The van der Waals surface area contributed by atoms with Gasteiger partial charge in [-0.05, 0) is 55.4 Å². The second-order valence-electron chi connectivity index (χ2n) is 4.68. The van der Waals surface area contributed by atoms with E-state index < -0.39 is 0 Å². The minimum atomic E-state index is 0.160. The van der Waals surface area contributed by atoms with Crippen molar-refractivity contribution in [2.45, 2.75) is 33.1 Å². The molecule has 16 heavy (non-hydrogen) atoms. The van der Waals surface area contributed by atoms with Crippen molar-refractivity contribution in [2.24, 2.45) is 5.92 Å². The summed E-state index contributed by atoms with van der Waals surface area (Å²) in [5, 5.41) is 0. The molecule has 0 amide bonds. The molecule has 0 saturated heterocycles. The van der Waals surface area contributed by atoms with Crippen LogP contribution in [0.5, 0.6) is 5.75 Å². The van der Waals surface area contributed by atoms with Gasteiger partial charge in [0, 0.05) is 5.56 Å². The van der Waals surface area contributed by atoms with Gasteiger partial charge in [0.05, 0.1) is 7.11 Å². The van der Waals surface area contributed by atoms with Gasteiger partial charge in [-0.25, -0.2) is 0 Å². The first-order chi connectivity index (χ1) is 7.63. The van der Waals surface area contributed by atoms with Gasteiger partial charge in [-0.3, -0.25) is 4.79 Å². The number of benzene rings is 1. The number of carbonyl (C=O) groups is 1. The first-order valence-corrected chi connectivity index (χ1v) is 5.83. The Morgan fingerprint density at radius 3 is 2.75 bits per heavy atom. The first-order valence-electron chi connectivity index (χ1n) is 5.83.